The van der Waals surface area contributed by atoms with E-state index in [9.17, 15) is 9.59 Å². The van der Waals surface area contributed by atoms with Crippen molar-refractivity contribution in [1.82, 2.24) is 15.6 Å². The number of nitrogens with zero attached hydrogens (tertiary/aromatic N) is 1. The minimum absolute atomic E-state index is 0.0728. The second kappa shape index (κ2) is 5.27. The van der Waals surface area contributed by atoms with E-state index in [1.165, 1.54) is 0 Å². The summed E-state index contributed by atoms with van der Waals surface area (Å²) in [5, 5.41) is 2.80. The van der Waals surface area contributed by atoms with Crippen molar-refractivity contribution in [3.05, 3.63) is 0 Å². The molecule has 0 aromatic carbocycles. The Morgan fingerprint density at radius 1 is 1.56 bits per heavy atom. The summed E-state index contributed by atoms with van der Waals surface area (Å²) in [6, 6.07) is 0. The SMILES string of the molecule is CC(C)(CN1CCNC(=O)CC1)C(=O)NN. The maximum absolute atomic E-state index is 11.5. The number of nitrogens with one attached hydrogen (secondary N) is 2. The van der Waals surface area contributed by atoms with Crippen LogP contribution in [0.1, 0.15) is 20.3 Å². The van der Waals surface area contributed by atoms with Gasteiger partial charge in [0.05, 0.1) is 5.41 Å². The van der Waals surface area contributed by atoms with Crippen LogP contribution in [0, 0.1) is 5.41 Å². The average molecular weight is 228 g/mol. The molecular formula is C10H20N4O2. The van der Waals surface area contributed by atoms with Crippen LogP contribution in [0.25, 0.3) is 0 Å². The first-order chi connectivity index (χ1) is 7.45. The molecule has 92 valence electrons. The molecule has 2 amide bonds. The Kier molecular flexibility index (Phi) is 4.26. The molecule has 0 radical (unpaired) electrons. The van der Waals surface area contributed by atoms with Crippen molar-refractivity contribution in [3.63, 3.8) is 0 Å². The van der Waals surface area contributed by atoms with Crippen LogP contribution < -0.4 is 16.6 Å². The van der Waals surface area contributed by atoms with Gasteiger partial charge in [-0.15, -0.1) is 0 Å². The third-order valence-corrected chi connectivity index (χ3v) is 2.77. The maximum atomic E-state index is 11.5. The van der Waals surface area contributed by atoms with Crippen molar-refractivity contribution in [2.24, 2.45) is 11.3 Å². The van der Waals surface area contributed by atoms with E-state index in [0.29, 0.717) is 26.1 Å². The number of carbonyl (C=O) groups excluding carboxylic acids is 2. The van der Waals surface area contributed by atoms with Gasteiger partial charge in [-0.2, -0.15) is 0 Å². The summed E-state index contributed by atoms with van der Waals surface area (Å²) in [7, 11) is 0. The van der Waals surface area contributed by atoms with Gasteiger partial charge in [-0.3, -0.25) is 15.0 Å². The molecule has 0 aromatic rings. The largest absolute Gasteiger partial charge is 0.355 e. The van der Waals surface area contributed by atoms with Gasteiger partial charge in [0.1, 0.15) is 0 Å². The average Bonchev–Trinajstić information content (AvgIpc) is 2.42. The Morgan fingerprint density at radius 3 is 2.88 bits per heavy atom. The van der Waals surface area contributed by atoms with Crippen LogP contribution in [0.15, 0.2) is 0 Å². The topological polar surface area (TPSA) is 87.5 Å². The molecule has 1 aliphatic heterocycles. The highest BCUT2D eigenvalue weighted by molar-refractivity contribution is 5.81. The Hall–Kier alpha value is -1.14. The maximum Gasteiger partial charge on any atom is 0.240 e. The van der Waals surface area contributed by atoms with Crippen molar-refractivity contribution in [3.8, 4) is 0 Å². The van der Waals surface area contributed by atoms with E-state index >= 15 is 0 Å². The predicted molar refractivity (Wildman–Crippen MR) is 60.2 cm³/mol. The second-order valence-electron chi connectivity index (χ2n) is 4.73. The van der Waals surface area contributed by atoms with Gasteiger partial charge in [0.2, 0.25) is 11.8 Å². The molecule has 1 fully saturated rings. The van der Waals surface area contributed by atoms with Gasteiger partial charge in [-0.1, -0.05) is 0 Å². The van der Waals surface area contributed by atoms with Crippen molar-refractivity contribution < 1.29 is 9.59 Å². The zero-order valence-corrected chi connectivity index (χ0v) is 9.88. The fourth-order valence-corrected chi connectivity index (χ4v) is 1.80. The molecule has 1 heterocycles. The Bertz CT molecular complexity index is 278. The fourth-order valence-electron chi connectivity index (χ4n) is 1.80. The molecule has 1 saturated heterocycles. The van der Waals surface area contributed by atoms with Gasteiger partial charge in [0.15, 0.2) is 0 Å². The first-order valence-electron chi connectivity index (χ1n) is 5.46. The summed E-state index contributed by atoms with van der Waals surface area (Å²) in [5.74, 6) is 5.02. The monoisotopic (exact) mass is 228 g/mol. The summed E-state index contributed by atoms with van der Waals surface area (Å²) in [4.78, 5) is 24.8. The number of amides is 2. The lowest BCUT2D eigenvalue weighted by molar-refractivity contribution is -0.130. The molecule has 0 bridgehead atoms. The molecule has 0 aromatic heterocycles. The van der Waals surface area contributed by atoms with Gasteiger partial charge < -0.3 is 10.2 Å². The number of nitrogens with two attached hydrogens (primary N) is 1. The van der Waals surface area contributed by atoms with Crippen molar-refractivity contribution in [1.29, 1.82) is 0 Å². The molecule has 0 unspecified atom stereocenters. The van der Waals surface area contributed by atoms with Gasteiger partial charge in [0, 0.05) is 32.6 Å². The Morgan fingerprint density at radius 2 is 2.25 bits per heavy atom. The Balaban J connectivity index is 2.52. The molecule has 0 aliphatic carbocycles. The summed E-state index contributed by atoms with van der Waals surface area (Å²) in [5.41, 5.74) is 1.63. The van der Waals surface area contributed by atoms with Crippen LogP contribution in [0.2, 0.25) is 0 Å². The third kappa shape index (κ3) is 3.46. The number of hydrazine groups is 1. The zero-order chi connectivity index (χ0) is 12.2. The zero-order valence-electron chi connectivity index (χ0n) is 9.88. The molecule has 6 nitrogen and oxygen atoms in total. The fraction of sp³-hybridized carbons (Fsp3) is 0.800. The highest BCUT2D eigenvalue weighted by atomic mass is 16.2. The molecule has 0 atom stereocenters. The minimum Gasteiger partial charge on any atom is -0.355 e. The first-order valence-corrected chi connectivity index (χ1v) is 5.46. The number of hydrogen-bond donors (Lipinski definition) is 3. The lowest BCUT2D eigenvalue weighted by atomic mass is 9.91. The Labute approximate surface area is 95.5 Å². The van der Waals surface area contributed by atoms with Crippen molar-refractivity contribution in [2.75, 3.05) is 26.2 Å². The standard InChI is InChI=1S/C10H20N4O2/c1-10(2,9(16)13-11)7-14-5-3-8(15)12-4-6-14/h3-7,11H2,1-2H3,(H,12,15)(H,13,16). The van der Waals surface area contributed by atoms with E-state index in [2.05, 4.69) is 15.6 Å². The van der Waals surface area contributed by atoms with Crippen molar-refractivity contribution in [2.45, 2.75) is 20.3 Å². The van der Waals surface area contributed by atoms with Crippen LogP contribution in [-0.4, -0.2) is 42.9 Å². The minimum atomic E-state index is -0.540. The number of carbonyl (C=O) groups is 2. The molecule has 16 heavy (non-hydrogen) atoms. The molecule has 1 aliphatic rings. The van der Waals surface area contributed by atoms with Crippen LogP contribution >= 0.6 is 0 Å². The number of hydrogen-bond acceptors (Lipinski definition) is 4. The lowest BCUT2D eigenvalue weighted by Crippen LogP contribution is -2.47. The highest BCUT2D eigenvalue weighted by Gasteiger charge is 2.30. The second-order valence-corrected chi connectivity index (χ2v) is 4.73. The third-order valence-electron chi connectivity index (χ3n) is 2.77. The van der Waals surface area contributed by atoms with E-state index in [1.54, 1.807) is 0 Å². The van der Waals surface area contributed by atoms with Gasteiger partial charge in [0.25, 0.3) is 0 Å². The van der Waals surface area contributed by atoms with Crippen molar-refractivity contribution >= 4 is 11.8 Å². The number of rotatable bonds is 3. The summed E-state index contributed by atoms with van der Waals surface area (Å²) < 4.78 is 0. The van der Waals surface area contributed by atoms with Gasteiger partial charge >= 0.3 is 0 Å². The van der Waals surface area contributed by atoms with E-state index in [-0.39, 0.29) is 11.8 Å². The van der Waals surface area contributed by atoms with E-state index in [0.717, 1.165) is 6.54 Å². The van der Waals surface area contributed by atoms with Crippen LogP contribution in [0.3, 0.4) is 0 Å². The molecular weight excluding hydrogens is 208 g/mol. The molecule has 6 heteroatoms. The molecule has 0 spiro atoms. The summed E-state index contributed by atoms with van der Waals surface area (Å²) in [6.45, 7) is 6.38. The van der Waals surface area contributed by atoms with E-state index in [1.807, 2.05) is 13.8 Å². The quantitative estimate of drug-likeness (QED) is 0.322. The van der Waals surface area contributed by atoms with E-state index < -0.39 is 5.41 Å². The first kappa shape index (κ1) is 12.9. The predicted octanol–water partition coefficient (Wildman–Crippen LogP) is -1.18. The smallest absolute Gasteiger partial charge is 0.240 e. The summed E-state index contributed by atoms with van der Waals surface area (Å²) >= 11 is 0. The van der Waals surface area contributed by atoms with Crippen LogP contribution in [0.4, 0.5) is 0 Å². The molecule has 1 rings (SSSR count). The van der Waals surface area contributed by atoms with Crippen LogP contribution in [0.5, 0.6) is 0 Å². The lowest BCUT2D eigenvalue weighted by Gasteiger charge is -2.29. The summed E-state index contributed by atoms with van der Waals surface area (Å²) in [6.07, 6.45) is 0.486. The van der Waals surface area contributed by atoms with Crippen LogP contribution in [-0.2, 0) is 9.59 Å². The highest BCUT2D eigenvalue weighted by Crippen LogP contribution is 2.17. The molecule has 0 saturated carbocycles. The molecule has 4 N–H and O–H groups in total. The normalized spacial score (nSPS) is 18.8. The van der Waals surface area contributed by atoms with E-state index in [4.69, 9.17) is 5.84 Å². The van der Waals surface area contributed by atoms with Gasteiger partial charge in [-0.05, 0) is 13.8 Å². The van der Waals surface area contributed by atoms with Gasteiger partial charge in [-0.25, -0.2) is 5.84 Å².